The first-order valence-electron chi connectivity index (χ1n) is 13.4. The standard InChI is InChI=1S/C29H22Cl2F4N8O3/c1-15-9-17(30)10-20(28(45)37-13-16-5-2-3-7-24(16)46-29(34)35)19(15)12-23(44)22-11-18(14-42-40-26(25(32)33)38-41-42)39-43(22)27-21(31)6-4-8-36-27/h2-11,25,29H,12-14H2,1H3,(H,37,45). The number of ketones is 1. The molecule has 0 aliphatic carbocycles. The number of halogens is 6. The summed E-state index contributed by atoms with van der Waals surface area (Å²) in [6.07, 6.45) is -1.78. The number of tetrazole rings is 1. The molecular weight excluding hydrogens is 655 g/mol. The van der Waals surface area contributed by atoms with Gasteiger partial charge in [0.15, 0.2) is 11.6 Å². The van der Waals surface area contributed by atoms with Crippen LogP contribution in [0.2, 0.25) is 10.0 Å². The van der Waals surface area contributed by atoms with E-state index in [-0.39, 0.29) is 58.1 Å². The third-order valence-corrected chi connectivity index (χ3v) is 7.11. The van der Waals surface area contributed by atoms with Crippen molar-refractivity contribution in [1.29, 1.82) is 0 Å². The van der Waals surface area contributed by atoms with Gasteiger partial charge in [0.05, 0.1) is 10.7 Å². The van der Waals surface area contributed by atoms with Crippen LogP contribution < -0.4 is 10.1 Å². The number of carbonyl (C=O) groups excluding carboxylic acids is 2. The number of pyridine rings is 1. The Kier molecular flexibility index (Phi) is 9.92. The molecule has 0 aliphatic rings. The molecule has 17 heteroatoms. The highest BCUT2D eigenvalue weighted by atomic mass is 35.5. The molecule has 0 unspecified atom stereocenters. The van der Waals surface area contributed by atoms with Crippen LogP contribution in [0.15, 0.2) is 60.8 Å². The highest BCUT2D eigenvalue weighted by Crippen LogP contribution is 2.26. The van der Waals surface area contributed by atoms with Gasteiger partial charge in [-0.05, 0) is 59.7 Å². The monoisotopic (exact) mass is 676 g/mol. The van der Waals surface area contributed by atoms with Crippen LogP contribution in [0, 0.1) is 6.92 Å². The topological polar surface area (TPSA) is 130 Å². The molecule has 1 N–H and O–H groups in total. The molecule has 0 radical (unpaired) electrons. The van der Waals surface area contributed by atoms with E-state index in [1.807, 2.05) is 0 Å². The third-order valence-electron chi connectivity index (χ3n) is 6.60. The lowest BCUT2D eigenvalue weighted by Gasteiger charge is -2.15. The number of benzene rings is 2. The highest BCUT2D eigenvalue weighted by molar-refractivity contribution is 6.32. The van der Waals surface area contributed by atoms with Crippen molar-refractivity contribution in [3.05, 3.63) is 110 Å². The summed E-state index contributed by atoms with van der Waals surface area (Å²) in [5, 5.41) is 18.0. The zero-order chi connectivity index (χ0) is 33.0. The first-order chi connectivity index (χ1) is 22.0. The normalized spacial score (nSPS) is 11.3. The van der Waals surface area contributed by atoms with E-state index in [0.717, 1.165) is 4.80 Å². The van der Waals surface area contributed by atoms with Gasteiger partial charge in [-0.2, -0.15) is 18.7 Å². The lowest BCUT2D eigenvalue weighted by atomic mass is 9.95. The summed E-state index contributed by atoms with van der Waals surface area (Å²) in [6, 6.07) is 13.5. The highest BCUT2D eigenvalue weighted by Gasteiger charge is 2.24. The second kappa shape index (κ2) is 14.0. The second-order valence-corrected chi connectivity index (χ2v) is 10.6. The van der Waals surface area contributed by atoms with Gasteiger partial charge >= 0.3 is 13.0 Å². The molecule has 3 aromatic heterocycles. The Morgan fingerprint density at radius 3 is 2.52 bits per heavy atom. The van der Waals surface area contributed by atoms with Crippen LogP contribution in [-0.2, 0) is 19.5 Å². The number of rotatable bonds is 12. The van der Waals surface area contributed by atoms with E-state index >= 15 is 0 Å². The van der Waals surface area contributed by atoms with Crippen molar-refractivity contribution in [3.8, 4) is 11.6 Å². The van der Waals surface area contributed by atoms with Gasteiger partial charge < -0.3 is 10.1 Å². The van der Waals surface area contributed by atoms with E-state index in [2.05, 4.69) is 35.5 Å². The van der Waals surface area contributed by atoms with Crippen molar-refractivity contribution in [1.82, 2.24) is 40.3 Å². The summed E-state index contributed by atoms with van der Waals surface area (Å²) in [5.74, 6) is -1.87. The lowest BCUT2D eigenvalue weighted by Crippen LogP contribution is -2.25. The summed E-state index contributed by atoms with van der Waals surface area (Å²) in [6.45, 7) is -1.74. The summed E-state index contributed by atoms with van der Waals surface area (Å²) in [4.78, 5) is 32.4. The quantitative estimate of drug-likeness (QED) is 0.129. The predicted octanol–water partition coefficient (Wildman–Crippen LogP) is 5.81. The van der Waals surface area contributed by atoms with E-state index in [1.54, 1.807) is 31.2 Å². The number of Topliss-reactive ketones (excluding diaryl/α,β-unsaturated/α-hetero) is 1. The zero-order valence-corrected chi connectivity index (χ0v) is 25.2. The fourth-order valence-electron chi connectivity index (χ4n) is 4.55. The maximum atomic E-state index is 13.9. The maximum Gasteiger partial charge on any atom is 0.387 e. The van der Waals surface area contributed by atoms with Crippen LogP contribution in [0.4, 0.5) is 17.6 Å². The van der Waals surface area contributed by atoms with Gasteiger partial charge in [0.1, 0.15) is 18.0 Å². The van der Waals surface area contributed by atoms with Crippen LogP contribution in [-0.4, -0.2) is 53.3 Å². The molecule has 238 valence electrons. The van der Waals surface area contributed by atoms with E-state index < -0.39 is 30.6 Å². The van der Waals surface area contributed by atoms with Gasteiger partial charge in [-0.25, -0.2) is 18.4 Å². The van der Waals surface area contributed by atoms with Gasteiger partial charge in [-0.15, -0.1) is 10.2 Å². The number of hydrogen-bond acceptors (Lipinski definition) is 8. The van der Waals surface area contributed by atoms with E-state index in [1.165, 1.54) is 41.2 Å². The first-order valence-corrected chi connectivity index (χ1v) is 14.1. The van der Waals surface area contributed by atoms with Crippen molar-refractivity contribution < 1.29 is 31.9 Å². The summed E-state index contributed by atoms with van der Waals surface area (Å²) in [7, 11) is 0. The zero-order valence-electron chi connectivity index (χ0n) is 23.7. The fraction of sp³-hybridized carbons (Fsp3) is 0.207. The second-order valence-electron chi connectivity index (χ2n) is 9.74. The number of nitrogens with zero attached hydrogens (tertiary/aromatic N) is 7. The van der Waals surface area contributed by atoms with Crippen molar-refractivity contribution in [2.75, 3.05) is 0 Å². The number of aromatic nitrogens is 7. The molecule has 2 aromatic carbocycles. The molecule has 0 saturated carbocycles. The van der Waals surface area contributed by atoms with Crippen molar-refractivity contribution in [2.24, 2.45) is 0 Å². The Labute approximate surface area is 268 Å². The van der Waals surface area contributed by atoms with Crippen molar-refractivity contribution in [2.45, 2.75) is 39.5 Å². The van der Waals surface area contributed by atoms with Crippen molar-refractivity contribution >= 4 is 34.9 Å². The molecule has 5 rings (SSSR count). The van der Waals surface area contributed by atoms with Gasteiger partial charge in [-0.3, -0.25) is 9.59 Å². The number of nitrogens with one attached hydrogen (secondary N) is 1. The number of carbonyl (C=O) groups is 2. The minimum atomic E-state index is -3.05. The fourth-order valence-corrected chi connectivity index (χ4v) is 5.02. The summed E-state index contributed by atoms with van der Waals surface area (Å²) >= 11 is 12.6. The van der Waals surface area contributed by atoms with Gasteiger partial charge in [-0.1, -0.05) is 41.4 Å². The minimum Gasteiger partial charge on any atom is -0.434 e. The number of aryl methyl sites for hydroxylation is 1. The molecule has 3 heterocycles. The van der Waals surface area contributed by atoms with Crippen LogP contribution in [0.1, 0.15) is 55.5 Å². The molecule has 11 nitrogen and oxygen atoms in total. The van der Waals surface area contributed by atoms with Crippen LogP contribution >= 0.6 is 23.2 Å². The van der Waals surface area contributed by atoms with Crippen molar-refractivity contribution in [3.63, 3.8) is 0 Å². The number of ether oxygens (including phenoxy) is 1. The molecule has 5 aromatic rings. The van der Waals surface area contributed by atoms with Crippen LogP contribution in [0.25, 0.3) is 5.82 Å². The number of alkyl halides is 4. The molecule has 46 heavy (non-hydrogen) atoms. The Morgan fingerprint density at radius 2 is 1.80 bits per heavy atom. The van der Waals surface area contributed by atoms with E-state index in [9.17, 15) is 27.2 Å². The third kappa shape index (κ3) is 7.49. The molecule has 0 aliphatic heterocycles. The minimum absolute atomic E-state index is 0.0172. The van der Waals surface area contributed by atoms with Gasteiger partial charge in [0, 0.05) is 35.3 Å². The number of hydrogen-bond donors (Lipinski definition) is 1. The Hall–Kier alpha value is -4.89. The SMILES string of the molecule is Cc1cc(Cl)cc(C(=O)NCc2ccccc2OC(F)F)c1CC(=O)c1cc(Cn2nnc(C(F)F)n2)nn1-c1ncccc1Cl. The maximum absolute atomic E-state index is 13.9. The number of amides is 1. The molecule has 0 bridgehead atoms. The summed E-state index contributed by atoms with van der Waals surface area (Å²) < 4.78 is 57.4. The Bertz CT molecular complexity index is 1900. The summed E-state index contributed by atoms with van der Waals surface area (Å²) in [5.41, 5.74) is 1.48. The van der Waals surface area contributed by atoms with E-state index in [4.69, 9.17) is 23.2 Å². The Balaban J connectivity index is 1.45. The average Bonchev–Trinajstić information content (AvgIpc) is 3.65. The predicted molar refractivity (Wildman–Crippen MR) is 157 cm³/mol. The van der Waals surface area contributed by atoms with Crippen LogP contribution in [0.3, 0.4) is 0 Å². The largest absolute Gasteiger partial charge is 0.434 e. The molecule has 0 atom stereocenters. The average molecular weight is 677 g/mol. The Morgan fingerprint density at radius 1 is 1.02 bits per heavy atom. The number of para-hydroxylation sites is 1. The first kappa shape index (κ1) is 32.5. The lowest BCUT2D eigenvalue weighted by molar-refractivity contribution is -0.0504. The molecule has 0 saturated heterocycles. The molecule has 0 fully saturated rings. The molecule has 0 spiro atoms. The smallest absolute Gasteiger partial charge is 0.387 e. The molecule has 1 amide bonds. The van der Waals surface area contributed by atoms with Crippen LogP contribution in [0.5, 0.6) is 5.75 Å². The molecular formula is C29H22Cl2F4N8O3. The van der Waals surface area contributed by atoms with Gasteiger partial charge in [0.2, 0.25) is 5.82 Å². The van der Waals surface area contributed by atoms with Gasteiger partial charge in [0.25, 0.3) is 5.91 Å². The van der Waals surface area contributed by atoms with E-state index in [0.29, 0.717) is 16.7 Å².